The number of nitrogens with zero attached hydrogens (tertiary/aromatic N) is 1. The maximum Gasteiger partial charge on any atom is 0.329 e. The molecular weight excluding hydrogens is 226 g/mol. The molecule has 18 heavy (non-hydrogen) atoms. The molecule has 3 heteroatoms. The van der Waals surface area contributed by atoms with Gasteiger partial charge in [-0.25, -0.2) is 4.79 Å². The largest absolute Gasteiger partial charge is 0.478 e. The van der Waals surface area contributed by atoms with Gasteiger partial charge in [-0.1, -0.05) is 36.4 Å². The molecule has 88 valence electrons. The first-order valence-corrected chi connectivity index (χ1v) is 5.66. The van der Waals surface area contributed by atoms with E-state index in [9.17, 15) is 4.79 Å². The molecule has 3 aromatic rings. The Morgan fingerprint density at radius 2 is 1.44 bits per heavy atom. The zero-order chi connectivity index (χ0) is 12.5. The molecule has 2 aromatic carbocycles. The van der Waals surface area contributed by atoms with Crippen LogP contribution in [0.25, 0.3) is 28.0 Å². The van der Waals surface area contributed by atoms with E-state index in [1.165, 1.54) is 0 Å². The molecular formula is C15H11NO2. The van der Waals surface area contributed by atoms with Crippen LogP contribution in [0.3, 0.4) is 0 Å². The van der Waals surface area contributed by atoms with Crippen LogP contribution in [0.4, 0.5) is 0 Å². The molecule has 0 atom stereocenters. The van der Waals surface area contributed by atoms with Crippen molar-refractivity contribution in [2.24, 2.45) is 0 Å². The first kappa shape index (κ1) is 10.6. The van der Waals surface area contributed by atoms with Gasteiger partial charge < -0.3 is 9.67 Å². The van der Waals surface area contributed by atoms with Crippen molar-refractivity contribution in [2.75, 3.05) is 0 Å². The summed E-state index contributed by atoms with van der Waals surface area (Å²) in [6.45, 7) is 0. The predicted molar refractivity (Wildman–Crippen MR) is 72.4 cm³/mol. The molecule has 0 spiro atoms. The Balaban J connectivity index is 2.41. The molecule has 0 aliphatic carbocycles. The standard InChI is InChI=1S/C15H11NO2/c17-15(18)9-10-16-13-7-3-1-5-11(13)12-6-2-4-8-14(12)16/h1-10H,(H,17,18). The van der Waals surface area contributed by atoms with Crippen LogP contribution < -0.4 is 0 Å². The van der Waals surface area contributed by atoms with Gasteiger partial charge in [-0.2, -0.15) is 0 Å². The van der Waals surface area contributed by atoms with Crippen LogP contribution in [0.15, 0.2) is 54.6 Å². The monoisotopic (exact) mass is 237 g/mol. The van der Waals surface area contributed by atoms with Gasteiger partial charge in [-0.3, -0.25) is 0 Å². The summed E-state index contributed by atoms with van der Waals surface area (Å²) in [4.78, 5) is 10.7. The molecule has 0 unspecified atom stereocenters. The second-order valence-electron chi connectivity index (χ2n) is 4.06. The van der Waals surface area contributed by atoms with Crippen LogP contribution in [-0.4, -0.2) is 15.6 Å². The molecule has 0 radical (unpaired) electrons. The highest BCUT2D eigenvalue weighted by atomic mass is 16.4. The third-order valence-corrected chi connectivity index (χ3v) is 2.98. The lowest BCUT2D eigenvalue weighted by molar-refractivity contribution is -0.131. The Morgan fingerprint density at radius 1 is 0.944 bits per heavy atom. The molecule has 0 aliphatic rings. The molecule has 1 N–H and O–H groups in total. The second kappa shape index (κ2) is 4.04. The Hall–Kier alpha value is -2.55. The molecule has 0 saturated carbocycles. The maximum atomic E-state index is 10.7. The van der Waals surface area contributed by atoms with Crippen LogP contribution in [0.1, 0.15) is 0 Å². The molecule has 1 aromatic heterocycles. The van der Waals surface area contributed by atoms with Gasteiger partial charge >= 0.3 is 5.97 Å². The minimum Gasteiger partial charge on any atom is -0.478 e. The van der Waals surface area contributed by atoms with Crippen molar-refractivity contribution in [3.05, 3.63) is 54.6 Å². The highest BCUT2D eigenvalue weighted by Crippen LogP contribution is 2.28. The lowest BCUT2D eigenvalue weighted by Gasteiger charge is -1.98. The van der Waals surface area contributed by atoms with E-state index in [1.54, 1.807) is 6.20 Å². The molecule has 0 saturated heterocycles. The number of hydrogen-bond acceptors (Lipinski definition) is 1. The van der Waals surface area contributed by atoms with Crippen molar-refractivity contribution < 1.29 is 9.90 Å². The van der Waals surface area contributed by atoms with Crippen molar-refractivity contribution in [1.29, 1.82) is 0 Å². The van der Waals surface area contributed by atoms with Gasteiger partial charge in [0.05, 0.1) is 11.0 Å². The number of aliphatic carboxylic acids is 1. The van der Waals surface area contributed by atoms with Crippen LogP contribution in [0, 0.1) is 0 Å². The van der Waals surface area contributed by atoms with Gasteiger partial charge in [-0.15, -0.1) is 0 Å². The SMILES string of the molecule is O=C(O)C=Cn1c2ccccc2c2ccccc21. The Labute approximate surface area is 104 Å². The number of rotatable bonds is 2. The number of hydrogen-bond donors (Lipinski definition) is 1. The van der Waals surface area contributed by atoms with Crippen molar-refractivity contribution in [1.82, 2.24) is 4.57 Å². The summed E-state index contributed by atoms with van der Waals surface area (Å²) >= 11 is 0. The van der Waals surface area contributed by atoms with E-state index < -0.39 is 5.97 Å². The van der Waals surface area contributed by atoms with Crippen molar-refractivity contribution in [2.45, 2.75) is 0 Å². The first-order valence-electron chi connectivity index (χ1n) is 5.66. The van der Waals surface area contributed by atoms with Crippen molar-refractivity contribution >= 4 is 34.0 Å². The fourth-order valence-electron chi connectivity index (χ4n) is 2.25. The zero-order valence-corrected chi connectivity index (χ0v) is 9.58. The summed E-state index contributed by atoms with van der Waals surface area (Å²) < 4.78 is 1.90. The average Bonchev–Trinajstić information content (AvgIpc) is 2.71. The van der Waals surface area contributed by atoms with E-state index in [1.807, 2.05) is 53.1 Å². The number of fused-ring (bicyclic) bond motifs is 3. The molecule has 3 nitrogen and oxygen atoms in total. The summed E-state index contributed by atoms with van der Waals surface area (Å²) in [5.74, 6) is -0.947. The minimum absolute atomic E-state index is 0.947. The number of benzene rings is 2. The highest BCUT2D eigenvalue weighted by molar-refractivity contribution is 6.09. The number of carboxylic acids is 1. The number of para-hydroxylation sites is 2. The maximum absolute atomic E-state index is 10.7. The topological polar surface area (TPSA) is 42.2 Å². The van der Waals surface area contributed by atoms with Crippen LogP contribution >= 0.6 is 0 Å². The highest BCUT2D eigenvalue weighted by Gasteiger charge is 2.07. The smallest absolute Gasteiger partial charge is 0.329 e. The second-order valence-corrected chi connectivity index (χ2v) is 4.06. The van der Waals surface area contributed by atoms with Gasteiger partial charge in [0.15, 0.2) is 0 Å². The molecule has 0 amide bonds. The fraction of sp³-hybridized carbons (Fsp3) is 0. The van der Waals surface area contributed by atoms with Crippen LogP contribution in [-0.2, 0) is 4.79 Å². The molecule has 0 aliphatic heterocycles. The van der Waals surface area contributed by atoms with Gasteiger partial charge in [0.2, 0.25) is 0 Å². The number of carboxylic acid groups (broad SMARTS) is 1. The van der Waals surface area contributed by atoms with E-state index in [4.69, 9.17) is 5.11 Å². The summed E-state index contributed by atoms with van der Waals surface area (Å²) in [6, 6.07) is 15.9. The minimum atomic E-state index is -0.947. The van der Waals surface area contributed by atoms with E-state index in [2.05, 4.69) is 0 Å². The molecule has 1 heterocycles. The van der Waals surface area contributed by atoms with Gasteiger partial charge in [0, 0.05) is 23.0 Å². The lowest BCUT2D eigenvalue weighted by Crippen LogP contribution is -1.90. The summed E-state index contributed by atoms with van der Waals surface area (Å²) in [5, 5.41) is 11.0. The lowest BCUT2D eigenvalue weighted by atomic mass is 10.2. The third kappa shape index (κ3) is 1.57. The summed E-state index contributed by atoms with van der Waals surface area (Å²) in [6.07, 6.45) is 2.74. The summed E-state index contributed by atoms with van der Waals surface area (Å²) in [5.41, 5.74) is 2.02. The predicted octanol–water partition coefficient (Wildman–Crippen LogP) is 3.35. The van der Waals surface area contributed by atoms with Crippen molar-refractivity contribution in [3.63, 3.8) is 0 Å². The number of aromatic nitrogens is 1. The molecule has 0 fully saturated rings. The van der Waals surface area contributed by atoms with Crippen LogP contribution in [0.2, 0.25) is 0 Å². The Morgan fingerprint density at radius 3 is 1.94 bits per heavy atom. The van der Waals surface area contributed by atoms with E-state index >= 15 is 0 Å². The first-order chi connectivity index (χ1) is 8.77. The fourth-order valence-corrected chi connectivity index (χ4v) is 2.25. The van der Waals surface area contributed by atoms with Gasteiger partial charge in [0.1, 0.15) is 0 Å². The normalized spacial score (nSPS) is 11.6. The van der Waals surface area contributed by atoms with E-state index in [0.29, 0.717) is 0 Å². The van der Waals surface area contributed by atoms with E-state index in [-0.39, 0.29) is 0 Å². The zero-order valence-electron chi connectivity index (χ0n) is 9.58. The average molecular weight is 237 g/mol. The Bertz CT molecular complexity index is 715. The van der Waals surface area contributed by atoms with Crippen LogP contribution in [0.5, 0.6) is 0 Å². The van der Waals surface area contributed by atoms with E-state index in [0.717, 1.165) is 27.9 Å². The van der Waals surface area contributed by atoms with Gasteiger partial charge in [0.25, 0.3) is 0 Å². The van der Waals surface area contributed by atoms with Gasteiger partial charge in [-0.05, 0) is 12.1 Å². The number of carbonyl (C=O) groups is 1. The molecule has 3 rings (SSSR count). The van der Waals surface area contributed by atoms with Crippen molar-refractivity contribution in [3.8, 4) is 0 Å². The molecule has 0 bridgehead atoms. The third-order valence-electron chi connectivity index (χ3n) is 2.98. The Kier molecular flexibility index (Phi) is 2.38. The quantitative estimate of drug-likeness (QED) is 0.694. The summed E-state index contributed by atoms with van der Waals surface area (Å²) in [7, 11) is 0.